The fourth-order valence-corrected chi connectivity index (χ4v) is 2.44. The summed E-state index contributed by atoms with van der Waals surface area (Å²) in [7, 11) is 0. The van der Waals surface area contributed by atoms with E-state index in [4.69, 9.17) is 9.47 Å². The summed E-state index contributed by atoms with van der Waals surface area (Å²) >= 11 is 0. The van der Waals surface area contributed by atoms with Crippen molar-refractivity contribution in [1.82, 2.24) is 0 Å². The van der Waals surface area contributed by atoms with Gasteiger partial charge in [-0.1, -0.05) is 13.0 Å². The van der Waals surface area contributed by atoms with E-state index < -0.39 is 6.10 Å². The number of anilines is 2. The Hall–Kier alpha value is -3.02. The highest BCUT2D eigenvalue weighted by molar-refractivity contribution is 6.05. The molecular formula is C19H20N2O4. The first-order valence-corrected chi connectivity index (χ1v) is 8.22. The summed E-state index contributed by atoms with van der Waals surface area (Å²) in [6, 6.07) is 12.2. The quantitative estimate of drug-likeness (QED) is 0.874. The highest BCUT2D eigenvalue weighted by atomic mass is 16.5. The van der Waals surface area contributed by atoms with Crippen LogP contribution in [0.4, 0.5) is 11.4 Å². The van der Waals surface area contributed by atoms with Crippen LogP contribution >= 0.6 is 0 Å². The second-order valence-corrected chi connectivity index (χ2v) is 5.79. The molecular weight excluding hydrogens is 320 g/mol. The van der Waals surface area contributed by atoms with E-state index in [1.807, 2.05) is 13.0 Å². The van der Waals surface area contributed by atoms with E-state index in [0.29, 0.717) is 35.0 Å². The fourth-order valence-electron chi connectivity index (χ4n) is 2.44. The van der Waals surface area contributed by atoms with Gasteiger partial charge in [-0.05, 0) is 49.7 Å². The lowest BCUT2D eigenvalue weighted by atomic mass is 10.1. The van der Waals surface area contributed by atoms with E-state index in [2.05, 4.69) is 10.6 Å². The summed E-state index contributed by atoms with van der Waals surface area (Å²) in [5, 5.41) is 5.58. The van der Waals surface area contributed by atoms with Gasteiger partial charge in [0.25, 0.3) is 11.8 Å². The van der Waals surface area contributed by atoms with Gasteiger partial charge in [0.2, 0.25) is 0 Å². The van der Waals surface area contributed by atoms with E-state index in [1.54, 1.807) is 43.3 Å². The standard InChI is InChI=1S/C19H20N2O4/c1-3-9-24-15-6-4-5-13(10-15)19(23)20-14-7-8-17-16(11-14)21-18(22)12(2)25-17/h4-8,10-12H,3,9H2,1-2H3,(H,20,23)(H,21,22)/t12-/m1/s1. The SMILES string of the molecule is CCCOc1cccc(C(=O)Nc2ccc3c(c2)NC(=O)[C@@H](C)O3)c1. The molecule has 1 aliphatic rings. The summed E-state index contributed by atoms with van der Waals surface area (Å²) in [5.74, 6) is 0.782. The molecule has 0 saturated carbocycles. The van der Waals surface area contributed by atoms with E-state index in [0.717, 1.165) is 6.42 Å². The van der Waals surface area contributed by atoms with Gasteiger partial charge in [-0.2, -0.15) is 0 Å². The maximum atomic E-state index is 12.4. The van der Waals surface area contributed by atoms with Gasteiger partial charge in [-0.15, -0.1) is 0 Å². The number of benzene rings is 2. The first-order chi connectivity index (χ1) is 12.1. The third-order valence-electron chi connectivity index (χ3n) is 3.74. The van der Waals surface area contributed by atoms with Gasteiger partial charge in [0.1, 0.15) is 11.5 Å². The van der Waals surface area contributed by atoms with Crippen LogP contribution in [0.1, 0.15) is 30.6 Å². The van der Waals surface area contributed by atoms with Crippen LogP contribution in [0.5, 0.6) is 11.5 Å². The van der Waals surface area contributed by atoms with Crippen LogP contribution < -0.4 is 20.1 Å². The number of hydrogen-bond donors (Lipinski definition) is 2. The van der Waals surface area contributed by atoms with Gasteiger partial charge in [-0.3, -0.25) is 9.59 Å². The highest BCUT2D eigenvalue weighted by Crippen LogP contribution is 2.32. The van der Waals surface area contributed by atoms with Crippen molar-refractivity contribution >= 4 is 23.2 Å². The number of rotatable bonds is 5. The lowest BCUT2D eigenvalue weighted by Crippen LogP contribution is -2.34. The molecule has 6 nitrogen and oxygen atoms in total. The monoisotopic (exact) mass is 340 g/mol. The van der Waals surface area contributed by atoms with Crippen LogP contribution in [0.2, 0.25) is 0 Å². The molecule has 25 heavy (non-hydrogen) atoms. The number of hydrogen-bond acceptors (Lipinski definition) is 4. The summed E-state index contributed by atoms with van der Waals surface area (Å²) in [6.45, 7) is 4.31. The average Bonchev–Trinajstić information content (AvgIpc) is 2.61. The molecule has 1 atom stereocenters. The molecule has 1 aliphatic heterocycles. The second kappa shape index (κ2) is 7.25. The number of fused-ring (bicyclic) bond motifs is 1. The minimum atomic E-state index is -0.529. The zero-order valence-electron chi connectivity index (χ0n) is 14.2. The number of carbonyl (C=O) groups excluding carboxylic acids is 2. The Labute approximate surface area is 146 Å². The molecule has 0 spiro atoms. The third kappa shape index (κ3) is 3.91. The molecule has 2 amide bonds. The first-order valence-electron chi connectivity index (χ1n) is 8.22. The third-order valence-corrected chi connectivity index (χ3v) is 3.74. The topological polar surface area (TPSA) is 76.7 Å². The molecule has 2 N–H and O–H groups in total. The Balaban J connectivity index is 1.73. The van der Waals surface area contributed by atoms with Crippen LogP contribution in [0, 0.1) is 0 Å². The largest absolute Gasteiger partial charge is 0.494 e. The Morgan fingerprint density at radius 2 is 2.12 bits per heavy atom. The molecule has 0 radical (unpaired) electrons. The smallest absolute Gasteiger partial charge is 0.265 e. The Morgan fingerprint density at radius 3 is 2.92 bits per heavy atom. The Bertz CT molecular complexity index is 804. The van der Waals surface area contributed by atoms with Gasteiger partial charge in [-0.25, -0.2) is 0 Å². The molecule has 130 valence electrons. The molecule has 0 aromatic heterocycles. The lowest BCUT2D eigenvalue weighted by Gasteiger charge is -2.23. The van der Waals surface area contributed by atoms with Crippen molar-refractivity contribution in [3.05, 3.63) is 48.0 Å². The predicted molar refractivity (Wildman–Crippen MR) is 95.3 cm³/mol. The summed E-state index contributed by atoms with van der Waals surface area (Å²) in [5.41, 5.74) is 1.61. The maximum absolute atomic E-state index is 12.4. The second-order valence-electron chi connectivity index (χ2n) is 5.79. The molecule has 0 unspecified atom stereocenters. The average molecular weight is 340 g/mol. The molecule has 6 heteroatoms. The van der Waals surface area contributed by atoms with Gasteiger partial charge in [0.05, 0.1) is 12.3 Å². The highest BCUT2D eigenvalue weighted by Gasteiger charge is 2.23. The van der Waals surface area contributed by atoms with Crippen LogP contribution in [0.25, 0.3) is 0 Å². The zero-order valence-corrected chi connectivity index (χ0v) is 14.2. The molecule has 2 aromatic rings. The zero-order chi connectivity index (χ0) is 17.8. The van der Waals surface area contributed by atoms with Gasteiger partial charge < -0.3 is 20.1 Å². The van der Waals surface area contributed by atoms with E-state index in [-0.39, 0.29) is 11.8 Å². The normalized spacial score (nSPS) is 15.6. The number of ether oxygens (including phenoxy) is 2. The Morgan fingerprint density at radius 1 is 1.28 bits per heavy atom. The van der Waals surface area contributed by atoms with Gasteiger partial charge in [0.15, 0.2) is 6.10 Å². The summed E-state index contributed by atoms with van der Waals surface area (Å²) in [4.78, 5) is 24.1. The first kappa shape index (κ1) is 16.8. The van der Waals surface area contributed by atoms with E-state index >= 15 is 0 Å². The van der Waals surface area contributed by atoms with Gasteiger partial charge >= 0.3 is 0 Å². The van der Waals surface area contributed by atoms with Crippen molar-refractivity contribution in [2.24, 2.45) is 0 Å². The van der Waals surface area contributed by atoms with Crippen LogP contribution in [-0.2, 0) is 4.79 Å². The molecule has 0 aliphatic carbocycles. The molecule has 0 saturated heterocycles. The molecule has 0 fully saturated rings. The lowest BCUT2D eigenvalue weighted by molar-refractivity contribution is -0.122. The molecule has 0 bridgehead atoms. The van der Waals surface area contributed by atoms with Crippen LogP contribution in [0.3, 0.4) is 0 Å². The molecule has 2 aromatic carbocycles. The Kier molecular flexibility index (Phi) is 4.88. The van der Waals surface area contributed by atoms with E-state index in [9.17, 15) is 9.59 Å². The van der Waals surface area contributed by atoms with Gasteiger partial charge in [0, 0.05) is 11.3 Å². The van der Waals surface area contributed by atoms with Crippen molar-refractivity contribution in [1.29, 1.82) is 0 Å². The fraction of sp³-hybridized carbons (Fsp3) is 0.263. The number of carbonyl (C=O) groups is 2. The van der Waals surface area contributed by atoms with Crippen molar-refractivity contribution in [3.8, 4) is 11.5 Å². The van der Waals surface area contributed by atoms with Crippen molar-refractivity contribution < 1.29 is 19.1 Å². The molecule has 1 heterocycles. The minimum Gasteiger partial charge on any atom is -0.494 e. The number of amides is 2. The van der Waals surface area contributed by atoms with E-state index in [1.165, 1.54) is 0 Å². The number of nitrogens with one attached hydrogen (secondary N) is 2. The molecule has 3 rings (SSSR count). The maximum Gasteiger partial charge on any atom is 0.265 e. The minimum absolute atomic E-state index is 0.211. The summed E-state index contributed by atoms with van der Waals surface area (Å²) < 4.78 is 11.0. The van der Waals surface area contributed by atoms with Crippen molar-refractivity contribution in [3.63, 3.8) is 0 Å². The predicted octanol–water partition coefficient (Wildman–Crippen LogP) is 3.45. The van der Waals surface area contributed by atoms with Crippen LogP contribution in [0.15, 0.2) is 42.5 Å². The van der Waals surface area contributed by atoms with Crippen LogP contribution in [-0.4, -0.2) is 24.5 Å². The summed E-state index contributed by atoms with van der Waals surface area (Å²) in [6.07, 6.45) is 0.372. The van der Waals surface area contributed by atoms with Crippen molar-refractivity contribution in [2.45, 2.75) is 26.4 Å². The van der Waals surface area contributed by atoms with Crippen molar-refractivity contribution in [2.75, 3.05) is 17.2 Å².